The smallest absolute Gasteiger partial charge is 0.406 e. The minimum atomic E-state index is -4.87. The van der Waals surface area contributed by atoms with Gasteiger partial charge >= 0.3 is 12.5 Å². The first-order chi connectivity index (χ1) is 19.3. The maximum Gasteiger partial charge on any atom is 0.573 e. The Hall–Kier alpha value is -4.43. The van der Waals surface area contributed by atoms with E-state index in [2.05, 4.69) is 30.0 Å². The molecule has 41 heavy (non-hydrogen) atoms. The summed E-state index contributed by atoms with van der Waals surface area (Å²) in [5.41, 5.74) is 6.76. The summed E-state index contributed by atoms with van der Waals surface area (Å²) in [5, 5.41) is 2.76. The molecule has 2 aliphatic rings. The van der Waals surface area contributed by atoms with Crippen molar-refractivity contribution in [2.45, 2.75) is 50.1 Å². The number of anilines is 2. The fraction of sp³-hybridized carbons (Fsp3) is 0.346. The van der Waals surface area contributed by atoms with Gasteiger partial charge in [0.1, 0.15) is 28.5 Å². The number of fused-ring (bicyclic) bond motifs is 2. The van der Waals surface area contributed by atoms with Gasteiger partial charge in [0, 0.05) is 25.0 Å². The Labute approximate surface area is 227 Å². The maximum absolute atomic E-state index is 13.6. The standard InChI is InChI=1S/C26H21F6N7O2/c27-24(28,29)9-1-2-16-22-34-10-11-39(22)12-17(35-16)20-36-19(33)18-21(37-20)38-23(40)25(18,13-3-4-13)14-5-7-15(8-6-14)41-26(30,31)32/h5-8,10-13H,1-4,9H2,(H3,33,36,37,38,40). The largest absolute Gasteiger partial charge is 0.573 e. The molecule has 1 unspecified atom stereocenters. The molecule has 1 aliphatic heterocycles. The second-order valence-corrected chi connectivity index (χ2v) is 9.96. The molecule has 6 rings (SSSR count). The normalized spacial score (nSPS) is 18.9. The van der Waals surface area contributed by atoms with Crippen LogP contribution in [0.2, 0.25) is 0 Å². The van der Waals surface area contributed by atoms with E-state index in [4.69, 9.17) is 5.73 Å². The zero-order valence-electron chi connectivity index (χ0n) is 21.1. The summed E-state index contributed by atoms with van der Waals surface area (Å²) in [6, 6.07) is 5.05. The first-order valence-electron chi connectivity index (χ1n) is 12.6. The molecule has 1 aliphatic carbocycles. The quantitative estimate of drug-likeness (QED) is 0.290. The molecular weight excluding hydrogens is 556 g/mol. The Kier molecular flexibility index (Phi) is 6.08. The van der Waals surface area contributed by atoms with Crippen molar-refractivity contribution in [1.29, 1.82) is 0 Å². The van der Waals surface area contributed by atoms with Gasteiger partial charge in [0.25, 0.3) is 0 Å². The molecule has 9 nitrogen and oxygen atoms in total. The van der Waals surface area contributed by atoms with Gasteiger partial charge in [-0.25, -0.2) is 19.9 Å². The summed E-state index contributed by atoms with van der Waals surface area (Å²) >= 11 is 0. The van der Waals surface area contributed by atoms with Crippen molar-refractivity contribution < 1.29 is 35.9 Å². The number of nitrogens with two attached hydrogens (primary N) is 1. The van der Waals surface area contributed by atoms with Crippen LogP contribution in [0, 0.1) is 5.92 Å². The Morgan fingerprint density at radius 1 is 1.07 bits per heavy atom. The van der Waals surface area contributed by atoms with E-state index in [0.29, 0.717) is 35.3 Å². The average molecular weight is 577 g/mol. The van der Waals surface area contributed by atoms with Crippen LogP contribution in [-0.2, 0) is 16.6 Å². The van der Waals surface area contributed by atoms with Crippen LogP contribution in [0.5, 0.6) is 5.75 Å². The number of nitrogens with one attached hydrogen (secondary N) is 1. The summed E-state index contributed by atoms with van der Waals surface area (Å²) < 4.78 is 81.8. The number of hydrogen-bond donors (Lipinski definition) is 2. The molecule has 0 bridgehead atoms. The van der Waals surface area contributed by atoms with Crippen LogP contribution >= 0.6 is 0 Å². The summed E-state index contributed by atoms with van der Waals surface area (Å²) in [7, 11) is 0. The topological polar surface area (TPSA) is 120 Å². The van der Waals surface area contributed by atoms with Crippen LogP contribution in [0.15, 0.2) is 42.9 Å². The summed E-state index contributed by atoms with van der Waals surface area (Å²) in [4.78, 5) is 31.2. The predicted octanol–water partition coefficient (Wildman–Crippen LogP) is 5.20. The highest BCUT2D eigenvalue weighted by molar-refractivity contribution is 6.10. The van der Waals surface area contributed by atoms with E-state index >= 15 is 0 Å². The van der Waals surface area contributed by atoms with Crippen LogP contribution in [0.4, 0.5) is 38.0 Å². The van der Waals surface area contributed by atoms with Crippen LogP contribution in [0.1, 0.15) is 42.5 Å². The highest BCUT2D eigenvalue weighted by Crippen LogP contribution is 2.57. The van der Waals surface area contributed by atoms with E-state index in [1.807, 2.05) is 0 Å². The molecule has 0 radical (unpaired) electrons. The zero-order chi connectivity index (χ0) is 29.2. The number of rotatable bonds is 7. The van der Waals surface area contributed by atoms with Crippen LogP contribution < -0.4 is 15.8 Å². The number of carbonyl (C=O) groups excluding carboxylic acids is 1. The number of aromatic nitrogens is 5. The highest BCUT2D eigenvalue weighted by Gasteiger charge is 2.59. The Bertz CT molecular complexity index is 1650. The van der Waals surface area contributed by atoms with Crippen molar-refractivity contribution in [2.75, 3.05) is 11.1 Å². The number of carbonyl (C=O) groups is 1. The third-order valence-corrected chi connectivity index (χ3v) is 7.20. The Morgan fingerprint density at radius 3 is 2.46 bits per heavy atom. The van der Waals surface area contributed by atoms with E-state index in [9.17, 15) is 31.1 Å². The van der Waals surface area contributed by atoms with Crippen LogP contribution in [-0.4, -0.2) is 42.8 Å². The summed E-state index contributed by atoms with van der Waals surface area (Å²) in [5.74, 6) is -0.922. The molecule has 214 valence electrons. The van der Waals surface area contributed by atoms with Crippen molar-refractivity contribution >= 4 is 23.2 Å². The second kappa shape index (κ2) is 9.31. The molecule has 15 heteroatoms. The summed E-state index contributed by atoms with van der Waals surface area (Å²) in [6.45, 7) is 0. The van der Waals surface area contributed by atoms with E-state index in [1.165, 1.54) is 18.3 Å². The van der Waals surface area contributed by atoms with Gasteiger partial charge in [-0.1, -0.05) is 12.1 Å². The molecule has 1 aromatic carbocycles. The molecule has 0 saturated heterocycles. The number of hydrogen-bond acceptors (Lipinski definition) is 7. The molecule has 1 atom stereocenters. The van der Waals surface area contributed by atoms with Gasteiger partial charge in [-0.05, 0) is 49.3 Å². The lowest BCUT2D eigenvalue weighted by Crippen LogP contribution is -2.38. The Balaban J connectivity index is 1.40. The number of alkyl halides is 6. The molecule has 3 N–H and O–H groups in total. The SMILES string of the molecule is Nc1nc(-c2cn3ccnc3c(CCCC(F)(F)F)n2)nc2c1C(c1ccc(OC(F)(F)F)cc1)(C1CC1)C(=O)N2. The maximum atomic E-state index is 13.6. The lowest BCUT2D eigenvalue weighted by Gasteiger charge is -2.28. The molecule has 4 heterocycles. The zero-order valence-corrected chi connectivity index (χ0v) is 21.1. The van der Waals surface area contributed by atoms with E-state index in [0.717, 1.165) is 12.1 Å². The third-order valence-electron chi connectivity index (χ3n) is 7.20. The van der Waals surface area contributed by atoms with Gasteiger partial charge in [-0.2, -0.15) is 13.2 Å². The van der Waals surface area contributed by atoms with E-state index in [-0.39, 0.29) is 41.9 Å². The second-order valence-electron chi connectivity index (χ2n) is 9.96. The van der Waals surface area contributed by atoms with Crippen molar-refractivity contribution in [3.8, 4) is 17.3 Å². The monoisotopic (exact) mass is 577 g/mol. The first kappa shape index (κ1) is 26.8. The molecule has 0 spiro atoms. The molecule has 1 fully saturated rings. The first-order valence-corrected chi connectivity index (χ1v) is 12.6. The molecule has 1 saturated carbocycles. The molecular formula is C26H21F6N7O2. The minimum absolute atomic E-state index is 0.00383. The van der Waals surface area contributed by atoms with E-state index < -0.39 is 36.0 Å². The van der Waals surface area contributed by atoms with Gasteiger partial charge in [-0.15, -0.1) is 13.2 Å². The number of ether oxygens (including phenoxy) is 1. The number of nitrogens with zero attached hydrogens (tertiary/aromatic N) is 5. The fourth-order valence-electron chi connectivity index (χ4n) is 5.46. The Morgan fingerprint density at radius 2 is 1.80 bits per heavy atom. The lowest BCUT2D eigenvalue weighted by atomic mass is 9.71. The number of halogens is 6. The van der Waals surface area contributed by atoms with Crippen LogP contribution in [0.25, 0.3) is 17.2 Å². The van der Waals surface area contributed by atoms with E-state index in [1.54, 1.807) is 16.8 Å². The number of imidazole rings is 1. The number of aryl methyl sites for hydroxylation is 1. The van der Waals surface area contributed by atoms with Gasteiger partial charge < -0.3 is 20.2 Å². The predicted molar refractivity (Wildman–Crippen MR) is 133 cm³/mol. The van der Waals surface area contributed by atoms with Crippen molar-refractivity contribution in [3.05, 3.63) is 59.7 Å². The molecule has 1 amide bonds. The molecule has 3 aromatic heterocycles. The minimum Gasteiger partial charge on any atom is -0.406 e. The lowest BCUT2D eigenvalue weighted by molar-refractivity contribution is -0.274. The van der Waals surface area contributed by atoms with Crippen molar-refractivity contribution in [1.82, 2.24) is 24.3 Å². The third kappa shape index (κ3) is 4.89. The fourth-order valence-corrected chi connectivity index (χ4v) is 5.46. The van der Waals surface area contributed by atoms with Crippen molar-refractivity contribution in [2.24, 2.45) is 5.92 Å². The number of nitrogen functional groups attached to an aromatic ring is 1. The average Bonchev–Trinajstić information content (AvgIpc) is 3.52. The summed E-state index contributed by atoms with van der Waals surface area (Å²) in [6.07, 6.45) is -4.34. The molecule has 4 aromatic rings. The number of amides is 1. The van der Waals surface area contributed by atoms with Gasteiger partial charge in [0.15, 0.2) is 11.5 Å². The van der Waals surface area contributed by atoms with Gasteiger partial charge in [-0.3, -0.25) is 4.79 Å². The van der Waals surface area contributed by atoms with Crippen molar-refractivity contribution in [3.63, 3.8) is 0 Å². The number of benzene rings is 1. The van der Waals surface area contributed by atoms with Gasteiger partial charge in [0.05, 0.1) is 11.3 Å². The highest BCUT2D eigenvalue weighted by atomic mass is 19.4. The van der Waals surface area contributed by atoms with Gasteiger partial charge in [0.2, 0.25) is 5.91 Å². The van der Waals surface area contributed by atoms with Crippen LogP contribution in [0.3, 0.4) is 0 Å².